The Kier molecular flexibility index (Phi) is 10.3. The first-order valence-corrected chi connectivity index (χ1v) is 8.88. The SMILES string of the molecule is CCC1COCCN1CCCCCCCCCBr. The maximum absolute atomic E-state index is 5.54. The van der Waals surface area contributed by atoms with E-state index in [9.17, 15) is 0 Å². The van der Waals surface area contributed by atoms with Crippen LogP contribution in [0.4, 0.5) is 0 Å². The summed E-state index contributed by atoms with van der Waals surface area (Å²) >= 11 is 3.48. The van der Waals surface area contributed by atoms with Crippen LogP contribution in [0.1, 0.15) is 58.3 Å². The summed E-state index contributed by atoms with van der Waals surface area (Å²) in [6.45, 7) is 6.58. The fourth-order valence-corrected chi connectivity index (χ4v) is 3.05. The van der Waals surface area contributed by atoms with Crippen LogP contribution in [0.25, 0.3) is 0 Å². The number of ether oxygens (including phenoxy) is 1. The zero-order chi connectivity index (χ0) is 13.1. The van der Waals surface area contributed by atoms with Crippen LogP contribution in [-0.4, -0.2) is 42.6 Å². The molecule has 2 nitrogen and oxygen atoms in total. The normalized spacial score (nSPS) is 21.3. The largest absolute Gasteiger partial charge is 0.378 e. The number of hydrogen-bond acceptors (Lipinski definition) is 2. The van der Waals surface area contributed by atoms with Gasteiger partial charge in [0, 0.05) is 17.9 Å². The van der Waals surface area contributed by atoms with Gasteiger partial charge in [-0.05, 0) is 25.8 Å². The first-order chi connectivity index (χ1) is 8.88. The quantitative estimate of drug-likeness (QED) is 0.441. The molecule has 0 saturated carbocycles. The number of nitrogens with zero attached hydrogens (tertiary/aromatic N) is 1. The van der Waals surface area contributed by atoms with Crippen molar-refractivity contribution in [3.05, 3.63) is 0 Å². The van der Waals surface area contributed by atoms with Crippen LogP contribution in [-0.2, 0) is 4.74 Å². The second kappa shape index (κ2) is 11.2. The maximum Gasteiger partial charge on any atom is 0.0622 e. The van der Waals surface area contributed by atoms with Crippen LogP contribution in [0, 0.1) is 0 Å². The van der Waals surface area contributed by atoms with Gasteiger partial charge in [0.05, 0.1) is 13.2 Å². The Morgan fingerprint density at radius 2 is 1.72 bits per heavy atom. The van der Waals surface area contributed by atoms with Crippen LogP contribution in [0.5, 0.6) is 0 Å². The smallest absolute Gasteiger partial charge is 0.0622 e. The van der Waals surface area contributed by atoms with Crippen molar-refractivity contribution < 1.29 is 4.74 Å². The Morgan fingerprint density at radius 1 is 1.06 bits per heavy atom. The molecule has 0 aromatic carbocycles. The number of unbranched alkanes of at least 4 members (excludes halogenated alkanes) is 6. The van der Waals surface area contributed by atoms with Gasteiger partial charge in [-0.15, -0.1) is 0 Å². The Labute approximate surface area is 122 Å². The van der Waals surface area contributed by atoms with Crippen LogP contribution >= 0.6 is 15.9 Å². The molecule has 108 valence electrons. The van der Waals surface area contributed by atoms with Crippen molar-refractivity contribution in [1.29, 1.82) is 0 Å². The molecule has 0 spiro atoms. The monoisotopic (exact) mass is 319 g/mol. The molecule has 1 saturated heterocycles. The number of rotatable bonds is 10. The topological polar surface area (TPSA) is 12.5 Å². The standard InChI is InChI=1S/C15H30BrNO/c1-2-15-14-18-13-12-17(15)11-9-7-5-3-4-6-8-10-16/h15H,2-14H2,1H3. The van der Waals surface area contributed by atoms with Gasteiger partial charge in [-0.1, -0.05) is 55.0 Å². The molecule has 0 aliphatic carbocycles. The van der Waals surface area contributed by atoms with Gasteiger partial charge in [0.25, 0.3) is 0 Å². The van der Waals surface area contributed by atoms with E-state index in [0.717, 1.165) is 19.8 Å². The molecule has 1 fully saturated rings. The summed E-state index contributed by atoms with van der Waals surface area (Å²) in [7, 11) is 0. The van der Waals surface area contributed by atoms with Gasteiger partial charge in [-0.2, -0.15) is 0 Å². The van der Waals surface area contributed by atoms with Crippen LogP contribution in [0.2, 0.25) is 0 Å². The van der Waals surface area contributed by atoms with E-state index in [0.29, 0.717) is 6.04 Å². The molecule has 1 unspecified atom stereocenters. The third kappa shape index (κ3) is 7.10. The molecule has 0 amide bonds. The van der Waals surface area contributed by atoms with Gasteiger partial charge in [-0.25, -0.2) is 0 Å². The molecule has 18 heavy (non-hydrogen) atoms. The summed E-state index contributed by atoms with van der Waals surface area (Å²) in [5, 5.41) is 1.17. The lowest BCUT2D eigenvalue weighted by atomic mass is 10.1. The minimum absolute atomic E-state index is 0.678. The average molecular weight is 320 g/mol. The number of halogens is 1. The van der Waals surface area contributed by atoms with Crippen LogP contribution < -0.4 is 0 Å². The molecular weight excluding hydrogens is 290 g/mol. The van der Waals surface area contributed by atoms with Crippen molar-refractivity contribution in [3.63, 3.8) is 0 Å². The van der Waals surface area contributed by atoms with Crippen molar-refractivity contribution in [2.45, 2.75) is 64.3 Å². The summed E-state index contributed by atoms with van der Waals surface area (Å²) in [4.78, 5) is 2.63. The molecular formula is C15H30BrNO. The molecule has 0 aromatic heterocycles. The summed E-state index contributed by atoms with van der Waals surface area (Å²) < 4.78 is 5.54. The molecule has 0 radical (unpaired) electrons. The van der Waals surface area contributed by atoms with Crippen LogP contribution in [0.3, 0.4) is 0 Å². The van der Waals surface area contributed by atoms with Crippen molar-refractivity contribution in [3.8, 4) is 0 Å². The van der Waals surface area contributed by atoms with E-state index in [1.165, 1.54) is 63.2 Å². The van der Waals surface area contributed by atoms with E-state index in [1.807, 2.05) is 0 Å². The van der Waals surface area contributed by atoms with E-state index in [1.54, 1.807) is 0 Å². The average Bonchev–Trinajstić information content (AvgIpc) is 2.42. The molecule has 1 rings (SSSR count). The highest BCUT2D eigenvalue weighted by atomic mass is 79.9. The molecule has 1 aliphatic heterocycles. The molecule has 3 heteroatoms. The van der Waals surface area contributed by atoms with Gasteiger partial charge in [-0.3, -0.25) is 4.90 Å². The molecule has 1 aliphatic rings. The first-order valence-electron chi connectivity index (χ1n) is 7.76. The molecule has 1 atom stereocenters. The lowest BCUT2D eigenvalue weighted by Gasteiger charge is -2.35. The third-order valence-corrected chi connectivity index (χ3v) is 4.46. The fraction of sp³-hybridized carbons (Fsp3) is 1.00. The van der Waals surface area contributed by atoms with E-state index < -0.39 is 0 Å². The van der Waals surface area contributed by atoms with Crippen molar-refractivity contribution in [1.82, 2.24) is 4.90 Å². The van der Waals surface area contributed by atoms with Gasteiger partial charge in [0.1, 0.15) is 0 Å². The number of alkyl halides is 1. The Hall–Kier alpha value is 0.400. The fourth-order valence-electron chi connectivity index (χ4n) is 2.65. The summed E-state index contributed by atoms with van der Waals surface area (Å²) in [6.07, 6.45) is 11.0. The highest BCUT2D eigenvalue weighted by molar-refractivity contribution is 9.09. The predicted octanol–water partition coefficient (Wildman–Crippen LogP) is 4.22. The predicted molar refractivity (Wildman–Crippen MR) is 82.6 cm³/mol. The van der Waals surface area contributed by atoms with Crippen molar-refractivity contribution in [2.75, 3.05) is 31.6 Å². The second-order valence-corrected chi connectivity index (χ2v) is 6.13. The molecule has 0 N–H and O–H groups in total. The number of morpholine rings is 1. The summed E-state index contributed by atoms with van der Waals surface area (Å²) in [5.41, 5.74) is 0. The highest BCUT2D eigenvalue weighted by Crippen LogP contribution is 2.13. The van der Waals surface area contributed by atoms with Crippen molar-refractivity contribution >= 4 is 15.9 Å². The van der Waals surface area contributed by atoms with E-state index >= 15 is 0 Å². The lowest BCUT2D eigenvalue weighted by Crippen LogP contribution is -2.45. The van der Waals surface area contributed by atoms with Crippen LogP contribution in [0.15, 0.2) is 0 Å². The molecule has 1 heterocycles. The van der Waals surface area contributed by atoms with E-state index in [2.05, 4.69) is 27.8 Å². The minimum Gasteiger partial charge on any atom is -0.378 e. The summed E-state index contributed by atoms with van der Waals surface area (Å²) in [6, 6.07) is 0.678. The Morgan fingerprint density at radius 3 is 2.39 bits per heavy atom. The summed E-state index contributed by atoms with van der Waals surface area (Å²) in [5.74, 6) is 0. The number of hydrogen-bond donors (Lipinski definition) is 0. The third-order valence-electron chi connectivity index (χ3n) is 3.90. The Bertz CT molecular complexity index is 189. The molecule has 0 bridgehead atoms. The van der Waals surface area contributed by atoms with Gasteiger partial charge < -0.3 is 4.74 Å². The van der Waals surface area contributed by atoms with E-state index in [-0.39, 0.29) is 0 Å². The Balaban J connectivity index is 1.93. The zero-order valence-electron chi connectivity index (χ0n) is 12.0. The highest BCUT2D eigenvalue weighted by Gasteiger charge is 2.20. The zero-order valence-corrected chi connectivity index (χ0v) is 13.6. The van der Waals surface area contributed by atoms with E-state index in [4.69, 9.17) is 4.74 Å². The van der Waals surface area contributed by atoms with Gasteiger partial charge in [0.2, 0.25) is 0 Å². The molecule has 0 aromatic rings. The maximum atomic E-state index is 5.54. The van der Waals surface area contributed by atoms with Gasteiger partial charge in [0.15, 0.2) is 0 Å². The lowest BCUT2D eigenvalue weighted by molar-refractivity contribution is -0.00918. The first kappa shape index (κ1) is 16.5. The van der Waals surface area contributed by atoms with Crippen molar-refractivity contribution in [2.24, 2.45) is 0 Å². The second-order valence-electron chi connectivity index (χ2n) is 5.34. The minimum atomic E-state index is 0.678. The van der Waals surface area contributed by atoms with Gasteiger partial charge >= 0.3 is 0 Å².